The lowest BCUT2D eigenvalue weighted by Crippen LogP contribution is -2.40. The Morgan fingerprint density at radius 2 is 2.11 bits per heavy atom. The van der Waals surface area contributed by atoms with Crippen molar-refractivity contribution in [3.63, 3.8) is 0 Å². The van der Waals surface area contributed by atoms with Crippen LogP contribution in [-0.2, 0) is 4.79 Å². The number of carbonyl (C=O) groups excluding carboxylic acids is 1. The summed E-state index contributed by atoms with van der Waals surface area (Å²) in [6.45, 7) is 1.85. The molecule has 6 heteroatoms. The largest absolute Gasteiger partial charge is 0.480 e. The van der Waals surface area contributed by atoms with Gasteiger partial charge in [-0.2, -0.15) is 0 Å². The average molecular weight is 271 g/mol. The fraction of sp³-hybridized carbons (Fsp3) is 0.333. The fourth-order valence-electron chi connectivity index (χ4n) is 1.53. The van der Waals surface area contributed by atoms with Crippen LogP contribution in [-0.4, -0.2) is 23.0 Å². The van der Waals surface area contributed by atoms with E-state index >= 15 is 0 Å². The number of rotatable bonds is 5. The smallest absolute Gasteiger partial charge is 0.326 e. The van der Waals surface area contributed by atoms with Crippen molar-refractivity contribution in [3.05, 3.63) is 28.8 Å². The second-order valence-electron chi connectivity index (χ2n) is 3.93. The Balaban J connectivity index is 2.83. The highest BCUT2D eigenvalue weighted by Crippen LogP contribution is 2.16. The zero-order valence-corrected chi connectivity index (χ0v) is 10.7. The molecular formula is C12H15ClN2O3. The summed E-state index contributed by atoms with van der Waals surface area (Å²) in [5.74, 6) is -1.55. The van der Waals surface area contributed by atoms with Crippen LogP contribution in [0.3, 0.4) is 0 Å². The number of nitrogens with two attached hydrogens (primary N) is 1. The van der Waals surface area contributed by atoms with E-state index in [1.165, 1.54) is 18.2 Å². The van der Waals surface area contributed by atoms with Crippen molar-refractivity contribution in [2.75, 3.05) is 5.73 Å². The Morgan fingerprint density at radius 1 is 1.44 bits per heavy atom. The van der Waals surface area contributed by atoms with Gasteiger partial charge in [-0.25, -0.2) is 4.79 Å². The fourth-order valence-corrected chi connectivity index (χ4v) is 1.77. The normalized spacial score (nSPS) is 11.9. The molecule has 0 spiro atoms. The molecule has 0 radical (unpaired) electrons. The third kappa shape index (κ3) is 3.92. The van der Waals surface area contributed by atoms with Crippen molar-refractivity contribution in [3.8, 4) is 0 Å². The minimum atomic E-state index is -1.06. The SMILES string of the molecule is CCC[C@@H](NC(=O)c1cc(N)cc(Cl)c1)C(=O)O. The third-order valence-electron chi connectivity index (χ3n) is 2.36. The number of carboxylic acids is 1. The Bertz CT molecular complexity index is 442. The van der Waals surface area contributed by atoms with Gasteiger partial charge in [-0.3, -0.25) is 4.79 Å². The van der Waals surface area contributed by atoms with E-state index in [4.69, 9.17) is 22.4 Å². The summed E-state index contributed by atoms with van der Waals surface area (Å²) < 4.78 is 0. The van der Waals surface area contributed by atoms with Crippen LogP contribution in [0.1, 0.15) is 30.1 Å². The summed E-state index contributed by atoms with van der Waals surface area (Å²) in [5.41, 5.74) is 6.17. The van der Waals surface area contributed by atoms with E-state index < -0.39 is 17.9 Å². The highest BCUT2D eigenvalue weighted by Gasteiger charge is 2.19. The Labute approximate surface area is 110 Å². The monoisotopic (exact) mass is 270 g/mol. The molecule has 0 heterocycles. The molecule has 1 aromatic rings. The molecule has 5 nitrogen and oxygen atoms in total. The number of nitrogens with one attached hydrogen (secondary N) is 1. The molecule has 1 atom stereocenters. The van der Waals surface area contributed by atoms with Gasteiger partial charge >= 0.3 is 5.97 Å². The molecule has 0 saturated heterocycles. The first-order valence-electron chi connectivity index (χ1n) is 5.53. The van der Waals surface area contributed by atoms with Crippen molar-refractivity contribution in [1.82, 2.24) is 5.32 Å². The molecule has 18 heavy (non-hydrogen) atoms. The van der Waals surface area contributed by atoms with E-state index in [1.807, 2.05) is 6.92 Å². The second kappa shape index (κ2) is 6.26. The molecule has 98 valence electrons. The minimum absolute atomic E-state index is 0.252. The van der Waals surface area contributed by atoms with E-state index in [1.54, 1.807) is 0 Å². The molecular weight excluding hydrogens is 256 g/mol. The van der Waals surface area contributed by atoms with Gasteiger partial charge in [-0.15, -0.1) is 0 Å². The number of hydrogen-bond acceptors (Lipinski definition) is 3. The predicted molar refractivity (Wildman–Crippen MR) is 69.7 cm³/mol. The number of aliphatic carboxylic acids is 1. The topological polar surface area (TPSA) is 92.4 Å². The number of nitrogen functional groups attached to an aromatic ring is 1. The van der Waals surface area contributed by atoms with Crippen molar-refractivity contribution in [2.45, 2.75) is 25.8 Å². The predicted octanol–water partition coefficient (Wildman–Crippen LogP) is 1.91. The van der Waals surface area contributed by atoms with Gasteiger partial charge in [-0.05, 0) is 24.6 Å². The van der Waals surface area contributed by atoms with E-state index in [9.17, 15) is 9.59 Å². The van der Waals surface area contributed by atoms with Gasteiger partial charge in [-0.1, -0.05) is 24.9 Å². The van der Waals surface area contributed by atoms with Gasteiger partial charge in [0.2, 0.25) is 0 Å². The number of halogens is 1. The first-order chi connectivity index (χ1) is 8.43. The Hall–Kier alpha value is -1.75. The highest BCUT2D eigenvalue weighted by atomic mass is 35.5. The van der Waals surface area contributed by atoms with Crippen LogP contribution in [0.4, 0.5) is 5.69 Å². The van der Waals surface area contributed by atoms with Crippen molar-refractivity contribution in [1.29, 1.82) is 0 Å². The van der Waals surface area contributed by atoms with Gasteiger partial charge in [0.05, 0.1) is 0 Å². The summed E-state index contributed by atoms with van der Waals surface area (Å²) in [6.07, 6.45) is 1.03. The van der Waals surface area contributed by atoms with Crippen LogP contribution in [0.25, 0.3) is 0 Å². The van der Waals surface area contributed by atoms with Gasteiger partial charge in [0.25, 0.3) is 5.91 Å². The first-order valence-corrected chi connectivity index (χ1v) is 5.91. The highest BCUT2D eigenvalue weighted by molar-refractivity contribution is 6.31. The van der Waals surface area contributed by atoms with Gasteiger partial charge in [0.1, 0.15) is 6.04 Å². The van der Waals surface area contributed by atoms with Crippen LogP contribution < -0.4 is 11.1 Å². The molecule has 0 fully saturated rings. The Morgan fingerprint density at radius 3 is 2.61 bits per heavy atom. The number of hydrogen-bond donors (Lipinski definition) is 3. The number of carbonyl (C=O) groups is 2. The molecule has 0 aliphatic carbocycles. The molecule has 0 saturated carbocycles. The van der Waals surface area contributed by atoms with Crippen LogP contribution in [0.2, 0.25) is 5.02 Å². The zero-order valence-electron chi connectivity index (χ0n) is 9.94. The van der Waals surface area contributed by atoms with Crippen molar-refractivity contribution >= 4 is 29.2 Å². The molecule has 1 aromatic carbocycles. The van der Waals surface area contributed by atoms with Crippen LogP contribution >= 0.6 is 11.6 Å². The van der Waals surface area contributed by atoms with Gasteiger partial charge in [0, 0.05) is 16.3 Å². The van der Waals surface area contributed by atoms with Gasteiger partial charge < -0.3 is 16.2 Å². The quantitative estimate of drug-likeness (QED) is 0.713. The summed E-state index contributed by atoms with van der Waals surface area (Å²) in [7, 11) is 0. The number of carboxylic acid groups (broad SMARTS) is 1. The molecule has 0 aliphatic heterocycles. The summed E-state index contributed by atoms with van der Waals surface area (Å²) in [6, 6.07) is 3.51. The van der Waals surface area contributed by atoms with Gasteiger partial charge in [0.15, 0.2) is 0 Å². The molecule has 1 amide bonds. The van der Waals surface area contributed by atoms with Crippen LogP contribution in [0.15, 0.2) is 18.2 Å². The van der Waals surface area contributed by atoms with E-state index in [-0.39, 0.29) is 5.56 Å². The zero-order chi connectivity index (χ0) is 13.7. The Kier molecular flexibility index (Phi) is 4.97. The molecule has 0 aliphatic rings. The van der Waals surface area contributed by atoms with E-state index in [2.05, 4.69) is 5.32 Å². The lowest BCUT2D eigenvalue weighted by atomic mass is 10.1. The lowest BCUT2D eigenvalue weighted by Gasteiger charge is -2.13. The molecule has 0 bridgehead atoms. The number of amides is 1. The van der Waals surface area contributed by atoms with Crippen molar-refractivity contribution in [2.24, 2.45) is 0 Å². The van der Waals surface area contributed by atoms with Crippen LogP contribution in [0, 0.1) is 0 Å². The van der Waals surface area contributed by atoms with E-state index in [0.717, 1.165) is 0 Å². The maximum absolute atomic E-state index is 11.9. The van der Waals surface area contributed by atoms with Crippen molar-refractivity contribution < 1.29 is 14.7 Å². The third-order valence-corrected chi connectivity index (χ3v) is 2.58. The average Bonchev–Trinajstić information content (AvgIpc) is 2.26. The van der Waals surface area contributed by atoms with Crippen LogP contribution in [0.5, 0.6) is 0 Å². The molecule has 0 aromatic heterocycles. The maximum Gasteiger partial charge on any atom is 0.326 e. The summed E-state index contributed by atoms with van der Waals surface area (Å²) in [4.78, 5) is 22.8. The number of benzene rings is 1. The first kappa shape index (κ1) is 14.3. The lowest BCUT2D eigenvalue weighted by molar-refractivity contribution is -0.139. The molecule has 1 rings (SSSR count). The summed E-state index contributed by atoms with van der Waals surface area (Å²) >= 11 is 5.78. The maximum atomic E-state index is 11.9. The molecule has 4 N–H and O–H groups in total. The van der Waals surface area contributed by atoms with E-state index in [0.29, 0.717) is 23.6 Å². The second-order valence-corrected chi connectivity index (χ2v) is 4.36. The minimum Gasteiger partial charge on any atom is -0.480 e. The summed E-state index contributed by atoms with van der Waals surface area (Å²) in [5, 5.41) is 11.7. The molecule has 0 unspecified atom stereocenters. The standard InChI is InChI=1S/C12H15ClN2O3/c1-2-3-10(12(17)18)15-11(16)7-4-8(13)6-9(14)5-7/h4-6,10H,2-3,14H2,1H3,(H,15,16)(H,17,18)/t10-/m1/s1. The number of anilines is 1.